The molecular weight excluding hydrogens is 294 g/mol. The maximum Gasteiger partial charge on any atom is 0.326 e. The summed E-state index contributed by atoms with van der Waals surface area (Å²) in [5.41, 5.74) is 2.12. The van der Waals surface area contributed by atoms with Crippen LogP contribution in [0, 0.1) is 16.0 Å². The van der Waals surface area contributed by atoms with Gasteiger partial charge in [-0.05, 0) is 24.5 Å². The zero-order valence-electron chi connectivity index (χ0n) is 11.2. The van der Waals surface area contributed by atoms with Gasteiger partial charge < -0.3 is 10.0 Å². The standard InChI is InChI=1S/C13H13N3O4S/c1-7-4-5-15(11(7)13(17)18)8-2-3-9-10(14-6-21-9)12(8)16(19)20/h2-3,6-7,11H,4-5H2,1H3,(H,17,18). The van der Waals surface area contributed by atoms with Gasteiger partial charge in [0.15, 0.2) is 5.52 Å². The number of rotatable bonds is 3. The third kappa shape index (κ3) is 2.11. The Bertz CT molecular complexity index is 729. The summed E-state index contributed by atoms with van der Waals surface area (Å²) in [5, 5.41) is 20.8. The normalized spacial score (nSPS) is 21.9. The van der Waals surface area contributed by atoms with Crippen molar-refractivity contribution in [2.24, 2.45) is 5.92 Å². The van der Waals surface area contributed by atoms with Crippen molar-refractivity contribution >= 4 is 38.9 Å². The number of thiazole rings is 1. The molecule has 1 fully saturated rings. The minimum Gasteiger partial charge on any atom is -0.480 e. The first-order valence-electron chi connectivity index (χ1n) is 6.50. The SMILES string of the molecule is CC1CCN(c2ccc3scnc3c2[N+](=O)[O-])C1C(=O)O. The largest absolute Gasteiger partial charge is 0.480 e. The van der Waals surface area contributed by atoms with Gasteiger partial charge >= 0.3 is 11.7 Å². The predicted molar refractivity (Wildman–Crippen MR) is 78.8 cm³/mol. The number of carbonyl (C=O) groups is 1. The summed E-state index contributed by atoms with van der Waals surface area (Å²) in [6, 6.07) is 2.66. The first-order chi connectivity index (χ1) is 10.0. The Kier molecular flexibility index (Phi) is 3.25. The smallest absolute Gasteiger partial charge is 0.326 e. The van der Waals surface area contributed by atoms with E-state index in [-0.39, 0.29) is 11.6 Å². The summed E-state index contributed by atoms with van der Waals surface area (Å²) in [4.78, 5) is 28.1. The molecule has 1 N–H and O–H groups in total. The molecule has 8 heteroatoms. The molecule has 0 aliphatic carbocycles. The van der Waals surface area contributed by atoms with Crippen LogP contribution in [0.25, 0.3) is 10.2 Å². The Balaban J connectivity index is 2.18. The molecule has 2 heterocycles. The van der Waals surface area contributed by atoms with E-state index in [1.165, 1.54) is 11.3 Å². The Labute approximate surface area is 124 Å². The van der Waals surface area contributed by atoms with E-state index in [1.54, 1.807) is 22.5 Å². The number of nitro groups is 1. The molecule has 0 bridgehead atoms. The van der Waals surface area contributed by atoms with Gasteiger partial charge in [-0.3, -0.25) is 10.1 Å². The van der Waals surface area contributed by atoms with Crippen LogP contribution in [-0.2, 0) is 4.79 Å². The van der Waals surface area contributed by atoms with E-state index in [0.29, 0.717) is 24.2 Å². The van der Waals surface area contributed by atoms with Crippen LogP contribution < -0.4 is 4.90 Å². The summed E-state index contributed by atoms with van der Waals surface area (Å²) in [7, 11) is 0. The number of aliphatic carboxylic acids is 1. The zero-order chi connectivity index (χ0) is 15.1. The summed E-state index contributed by atoms with van der Waals surface area (Å²) < 4.78 is 0.726. The third-order valence-corrected chi connectivity index (χ3v) is 4.69. The van der Waals surface area contributed by atoms with E-state index in [2.05, 4.69) is 4.98 Å². The second-order valence-electron chi connectivity index (χ2n) is 5.13. The molecule has 2 unspecified atom stereocenters. The number of aromatic nitrogens is 1. The van der Waals surface area contributed by atoms with Crippen LogP contribution in [0.3, 0.4) is 0 Å². The Morgan fingerprint density at radius 3 is 3.00 bits per heavy atom. The van der Waals surface area contributed by atoms with Crippen molar-refractivity contribution in [3.05, 3.63) is 27.8 Å². The average molecular weight is 307 g/mol. The molecule has 1 saturated heterocycles. The Morgan fingerprint density at radius 2 is 2.33 bits per heavy atom. The fraction of sp³-hybridized carbons (Fsp3) is 0.385. The monoisotopic (exact) mass is 307 g/mol. The van der Waals surface area contributed by atoms with Crippen LogP contribution in [0.15, 0.2) is 17.6 Å². The van der Waals surface area contributed by atoms with Crippen LogP contribution in [-0.4, -0.2) is 33.6 Å². The van der Waals surface area contributed by atoms with Crippen molar-refractivity contribution in [2.45, 2.75) is 19.4 Å². The molecule has 21 heavy (non-hydrogen) atoms. The maximum absolute atomic E-state index is 11.5. The lowest BCUT2D eigenvalue weighted by molar-refractivity contribution is -0.382. The molecule has 1 aromatic carbocycles. The Morgan fingerprint density at radius 1 is 1.57 bits per heavy atom. The molecule has 3 rings (SSSR count). The second kappa shape index (κ2) is 4.96. The fourth-order valence-corrected chi connectivity index (χ4v) is 3.59. The number of hydrogen-bond acceptors (Lipinski definition) is 6. The van der Waals surface area contributed by atoms with E-state index >= 15 is 0 Å². The van der Waals surface area contributed by atoms with Crippen molar-refractivity contribution in [3.63, 3.8) is 0 Å². The number of nitro benzene ring substituents is 1. The number of benzene rings is 1. The van der Waals surface area contributed by atoms with Crippen molar-refractivity contribution < 1.29 is 14.8 Å². The number of hydrogen-bond donors (Lipinski definition) is 1. The minimum atomic E-state index is -0.951. The van der Waals surface area contributed by atoms with Crippen LogP contribution in [0.2, 0.25) is 0 Å². The van der Waals surface area contributed by atoms with Crippen LogP contribution >= 0.6 is 11.3 Å². The van der Waals surface area contributed by atoms with Gasteiger partial charge in [-0.25, -0.2) is 9.78 Å². The number of anilines is 1. The van der Waals surface area contributed by atoms with E-state index in [0.717, 1.165) is 4.70 Å². The van der Waals surface area contributed by atoms with Gasteiger partial charge in [0.1, 0.15) is 11.7 Å². The average Bonchev–Trinajstić information content (AvgIpc) is 3.02. The fourth-order valence-electron chi connectivity index (χ4n) is 2.91. The molecular formula is C13H13N3O4S. The lowest BCUT2D eigenvalue weighted by Gasteiger charge is -2.25. The molecule has 7 nitrogen and oxygen atoms in total. The minimum absolute atomic E-state index is 0.0479. The molecule has 0 saturated carbocycles. The molecule has 0 radical (unpaired) electrons. The van der Waals surface area contributed by atoms with E-state index < -0.39 is 16.9 Å². The van der Waals surface area contributed by atoms with Gasteiger partial charge in [-0.2, -0.15) is 0 Å². The second-order valence-corrected chi connectivity index (χ2v) is 6.02. The van der Waals surface area contributed by atoms with Gasteiger partial charge in [-0.1, -0.05) is 6.92 Å². The van der Waals surface area contributed by atoms with E-state index in [4.69, 9.17) is 0 Å². The van der Waals surface area contributed by atoms with Gasteiger partial charge in [-0.15, -0.1) is 11.3 Å². The van der Waals surface area contributed by atoms with Crippen molar-refractivity contribution in [1.29, 1.82) is 0 Å². The number of fused-ring (bicyclic) bond motifs is 1. The third-order valence-electron chi connectivity index (χ3n) is 3.90. The molecule has 1 aliphatic rings. The van der Waals surface area contributed by atoms with Gasteiger partial charge in [0.2, 0.25) is 0 Å². The molecule has 0 amide bonds. The number of carboxylic acids is 1. The zero-order valence-corrected chi connectivity index (χ0v) is 12.0. The first kappa shape index (κ1) is 13.7. The quantitative estimate of drug-likeness (QED) is 0.691. The Hall–Kier alpha value is -2.22. The highest BCUT2D eigenvalue weighted by Gasteiger charge is 2.40. The lowest BCUT2D eigenvalue weighted by atomic mass is 10.0. The number of nitrogens with zero attached hydrogens (tertiary/aromatic N) is 3. The highest BCUT2D eigenvalue weighted by Crippen LogP contribution is 2.40. The van der Waals surface area contributed by atoms with Crippen LogP contribution in [0.1, 0.15) is 13.3 Å². The predicted octanol–water partition coefficient (Wildman–Crippen LogP) is 2.50. The molecule has 110 valence electrons. The summed E-state index contributed by atoms with van der Waals surface area (Å²) in [5.74, 6) is -0.999. The summed E-state index contributed by atoms with van der Waals surface area (Å²) in [6.45, 7) is 2.35. The van der Waals surface area contributed by atoms with E-state index in [1.807, 2.05) is 6.92 Å². The molecule has 2 atom stereocenters. The van der Waals surface area contributed by atoms with Gasteiger partial charge in [0.05, 0.1) is 15.1 Å². The maximum atomic E-state index is 11.5. The van der Waals surface area contributed by atoms with Gasteiger partial charge in [0.25, 0.3) is 0 Å². The lowest BCUT2D eigenvalue weighted by Crippen LogP contribution is -2.39. The summed E-state index contributed by atoms with van der Waals surface area (Å²) >= 11 is 1.33. The highest BCUT2D eigenvalue weighted by atomic mass is 32.1. The van der Waals surface area contributed by atoms with Gasteiger partial charge in [0, 0.05) is 6.54 Å². The molecule has 0 spiro atoms. The van der Waals surface area contributed by atoms with Crippen molar-refractivity contribution in [2.75, 3.05) is 11.4 Å². The first-order valence-corrected chi connectivity index (χ1v) is 7.38. The molecule has 2 aromatic rings. The molecule has 1 aliphatic heterocycles. The highest BCUT2D eigenvalue weighted by molar-refractivity contribution is 7.16. The van der Waals surface area contributed by atoms with Crippen LogP contribution in [0.4, 0.5) is 11.4 Å². The van der Waals surface area contributed by atoms with Crippen LogP contribution in [0.5, 0.6) is 0 Å². The van der Waals surface area contributed by atoms with Crippen molar-refractivity contribution in [3.8, 4) is 0 Å². The topological polar surface area (TPSA) is 96.6 Å². The van der Waals surface area contributed by atoms with Crippen molar-refractivity contribution in [1.82, 2.24) is 4.98 Å². The number of carboxylic acid groups (broad SMARTS) is 1. The molecule has 1 aromatic heterocycles. The van der Waals surface area contributed by atoms with E-state index in [9.17, 15) is 20.0 Å². The summed E-state index contributed by atoms with van der Waals surface area (Å²) in [6.07, 6.45) is 0.698.